The van der Waals surface area contributed by atoms with Gasteiger partial charge in [0.2, 0.25) is 5.91 Å². The van der Waals surface area contributed by atoms with Crippen molar-refractivity contribution in [2.75, 3.05) is 0 Å². The fraction of sp³-hybridized carbons (Fsp3) is 0.412. The highest BCUT2D eigenvalue weighted by molar-refractivity contribution is 5.82. The van der Waals surface area contributed by atoms with Crippen LogP contribution >= 0.6 is 0 Å². The summed E-state index contributed by atoms with van der Waals surface area (Å²) >= 11 is 0. The quantitative estimate of drug-likeness (QED) is 0.907. The minimum atomic E-state index is 0.0859. The third-order valence-electron chi connectivity index (χ3n) is 4.26. The number of fused-ring (bicyclic) bond motifs is 1. The van der Waals surface area contributed by atoms with E-state index in [2.05, 4.69) is 34.6 Å². The Morgan fingerprint density at radius 3 is 2.65 bits per heavy atom. The van der Waals surface area contributed by atoms with E-state index in [1.807, 2.05) is 12.3 Å². The molecule has 0 spiro atoms. The van der Waals surface area contributed by atoms with E-state index in [0.717, 1.165) is 31.2 Å². The van der Waals surface area contributed by atoms with E-state index in [-0.39, 0.29) is 5.91 Å². The summed E-state index contributed by atoms with van der Waals surface area (Å²) in [6, 6.07) is 10.9. The molecular weight excluding hydrogens is 248 g/mol. The highest BCUT2D eigenvalue weighted by Gasteiger charge is 2.23. The first-order valence-corrected chi connectivity index (χ1v) is 7.35. The third-order valence-corrected chi connectivity index (χ3v) is 4.26. The predicted octanol–water partition coefficient (Wildman–Crippen LogP) is 3.40. The Bertz CT molecular complexity index is 610. The first-order chi connectivity index (χ1) is 9.74. The Labute approximate surface area is 119 Å². The fourth-order valence-electron chi connectivity index (χ4n) is 3.31. The maximum Gasteiger partial charge on any atom is 0.217 e. The molecule has 104 valence electrons. The van der Waals surface area contributed by atoms with E-state index in [1.165, 1.54) is 10.9 Å². The smallest absolute Gasteiger partial charge is 0.217 e. The molecule has 1 amide bonds. The molecule has 0 radical (unpaired) electrons. The zero-order valence-electron chi connectivity index (χ0n) is 11.8. The number of pyridine rings is 1. The van der Waals surface area contributed by atoms with Gasteiger partial charge in [0.1, 0.15) is 0 Å². The van der Waals surface area contributed by atoms with Crippen LogP contribution in [0.4, 0.5) is 0 Å². The molecule has 1 N–H and O–H groups in total. The molecule has 0 aliphatic heterocycles. The van der Waals surface area contributed by atoms with Gasteiger partial charge >= 0.3 is 0 Å². The van der Waals surface area contributed by atoms with Gasteiger partial charge in [0.15, 0.2) is 0 Å². The normalized spacial score (nSPS) is 22.6. The van der Waals surface area contributed by atoms with Crippen LogP contribution in [0.15, 0.2) is 36.5 Å². The average molecular weight is 268 g/mol. The molecule has 1 fully saturated rings. The van der Waals surface area contributed by atoms with Gasteiger partial charge in [-0.15, -0.1) is 0 Å². The summed E-state index contributed by atoms with van der Waals surface area (Å²) in [4.78, 5) is 15.6. The topological polar surface area (TPSA) is 42.0 Å². The zero-order valence-corrected chi connectivity index (χ0v) is 11.8. The maximum absolute atomic E-state index is 11.1. The SMILES string of the molecule is CC(=O)N[C@H]1CC[C@H](c2ccnc3ccccc32)CC1. The molecule has 1 aromatic heterocycles. The summed E-state index contributed by atoms with van der Waals surface area (Å²) in [5.74, 6) is 0.677. The molecule has 0 saturated heterocycles. The summed E-state index contributed by atoms with van der Waals surface area (Å²) < 4.78 is 0. The lowest BCUT2D eigenvalue weighted by Crippen LogP contribution is -2.35. The van der Waals surface area contributed by atoms with Crippen LogP contribution in [0.5, 0.6) is 0 Å². The Balaban J connectivity index is 1.78. The Kier molecular flexibility index (Phi) is 3.68. The van der Waals surface area contributed by atoms with Gasteiger partial charge in [-0.05, 0) is 49.3 Å². The number of rotatable bonds is 2. The molecule has 3 nitrogen and oxygen atoms in total. The van der Waals surface area contributed by atoms with Crippen molar-refractivity contribution in [1.29, 1.82) is 0 Å². The lowest BCUT2D eigenvalue weighted by atomic mass is 9.80. The van der Waals surface area contributed by atoms with Gasteiger partial charge in [0.05, 0.1) is 5.52 Å². The third kappa shape index (κ3) is 2.67. The summed E-state index contributed by atoms with van der Waals surface area (Å²) in [5.41, 5.74) is 2.49. The van der Waals surface area contributed by atoms with E-state index in [0.29, 0.717) is 12.0 Å². The number of benzene rings is 1. The van der Waals surface area contributed by atoms with E-state index in [9.17, 15) is 4.79 Å². The lowest BCUT2D eigenvalue weighted by molar-refractivity contribution is -0.119. The molecule has 3 heteroatoms. The minimum Gasteiger partial charge on any atom is -0.354 e. The molecule has 1 aliphatic carbocycles. The number of hydrogen-bond acceptors (Lipinski definition) is 2. The second-order valence-electron chi connectivity index (χ2n) is 5.67. The van der Waals surface area contributed by atoms with Crippen LogP contribution in [0.3, 0.4) is 0 Å². The van der Waals surface area contributed by atoms with E-state index in [1.54, 1.807) is 6.92 Å². The lowest BCUT2D eigenvalue weighted by Gasteiger charge is -2.29. The van der Waals surface area contributed by atoms with Gasteiger partial charge in [-0.25, -0.2) is 0 Å². The van der Waals surface area contributed by atoms with Crippen LogP contribution in [-0.2, 0) is 4.79 Å². The van der Waals surface area contributed by atoms with E-state index in [4.69, 9.17) is 0 Å². The van der Waals surface area contributed by atoms with Crippen LogP contribution in [-0.4, -0.2) is 16.9 Å². The van der Waals surface area contributed by atoms with Crippen LogP contribution in [0.1, 0.15) is 44.1 Å². The van der Waals surface area contributed by atoms with Crippen molar-refractivity contribution in [3.63, 3.8) is 0 Å². The van der Waals surface area contributed by atoms with Crippen LogP contribution < -0.4 is 5.32 Å². The van der Waals surface area contributed by atoms with Crippen molar-refractivity contribution in [3.05, 3.63) is 42.1 Å². The zero-order chi connectivity index (χ0) is 13.9. The number of aromatic nitrogens is 1. The maximum atomic E-state index is 11.1. The Hall–Kier alpha value is -1.90. The number of nitrogens with zero attached hydrogens (tertiary/aromatic N) is 1. The molecule has 1 heterocycles. The van der Waals surface area contributed by atoms with E-state index < -0.39 is 0 Å². The largest absolute Gasteiger partial charge is 0.354 e. The van der Waals surface area contributed by atoms with Gasteiger partial charge in [-0.1, -0.05) is 18.2 Å². The number of hydrogen-bond donors (Lipinski definition) is 1. The molecule has 1 aliphatic rings. The highest BCUT2D eigenvalue weighted by atomic mass is 16.1. The van der Waals surface area contributed by atoms with Gasteiger partial charge < -0.3 is 5.32 Å². The van der Waals surface area contributed by atoms with Gasteiger partial charge in [0, 0.05) is 24.5 Å². The molecule has 1 aromatic carbocycles. The molecule has 1 saturated carbocycles. The first-order valence-electron chi connectivity index (χ1n) is 7.35. The molecule has 0 bridgehead atoms. The molecular formula is C17H20N2O. The van der Waals surface area contributed by atoms with Crippen molar-refractivity contribution < 1.29 is 4.79 Å². The monoisotopic (exact) mass is 268 g/mol. The molecule has 2 aromatic rings. The number of carbonyl (C=O) groups is 1. The van der Waals surface area contributed by atoms with Gasteiger partial charge in [-0.2, -0.15) is 0 Å². The molecule has 3 rings (SSSR count). The van der Waals surface area contributed by atoms with Crippen LogP contribution in [0, 0.1) is 0 Å². The van der Waals surface area contributed by atoms with Crippen molar-refractivity contribution >= 4 is 16.8 Å². The fourth-order valence-corrected chi connectivity index (χ4v) is 3.31. The summed E-state index contributed by atoms with van der Waals surface area (Å²) in [6.07, 6.45) is 6.33. The standard InChI is InChI=1S/C17H20N2O/c1-12(20)19-14-8-6-13(7-9-14)15-10-11-18-17-5-3-2-4-16(15)17/h2-5,10-11,13-14H,6-9H2,1H3,(H,19,20)/t13-,14-. The first kappa shape index (κ1) is 13.1. The summed E-state index contributed by atoms with van der Waals surface area (Å²) in [6.45, 7) is 1.60. The van der Waals surface area contributed by atoms with E-state index >= 15 is 0 Å². The Morgan fingerprint density at radius 2 is 1.90 bits per heavy atom. The number of para-hydroxylation sites is 1. The summed E-state index contributed by atoms with van der Waals surface area (Å²) in [5, 5.41) is 4.32. The average Bonchev–Trinajstić information content (AvgIpc) is 2.47. The molecule has 0 atom stereocenters. The van der Waals surface area contributed by atoms with Crippen molar-refractivity contribution in [2.45, 2.75) is 44.6 Å². The predicted molar refractivity (Wildman–Crippen MR) is 80.6 cm³/mol. The Morgan fingerprint density at radius 1 is 1.15 bits per heavy atom. The number of amides is 1. The number of carbonyl (C=O) groups excluding carboxylic acids is 1. The van der Waals surface area contributed by atoms with Gasteiger partial charge in [-0.3, -0.25) is 9.78 Å². The van der Waals surface area contributed by atoms with Crippen molar-refractivity contribution in [1.82, 2.24) is 10.3 Å². The number of nitrogens with one attached hydrogen (secondary N) is 1. The second-order valence-corrected chi connectivity index (χ2v) is 5.67. The van der Waals surface area contributed by atoms with Crippen molar-refractivity contribution in [2.24, 2.45) is 0 Å². The summed E-state index contributed by atoms with van der Waals surface area (Å²) in [7, 11) is 0. The second kappa shape index (κ2) is 5.61. The minimum absolute atomic E-state index is 0.0859. The van der Waals surface area contributed by atoms with Crippen LogP contribution in [0.25, 0.3) is 10.9 Å². The van der Waals surface area contributed by atoms with Gasteiger partial charge in [0.25, 0.3) is 0 Å². The van der Waals surface area contributed by atoms with Crippen molar-refractivity contribution in [3.8, 4) is 0 Å². The van der Waals surface area contributed by atoms with Crippen LogP contribution in [0.2, 0.25) is 0 Å². The highest BCUT2D eigenvalue weighted by Crippen LogP contribution is 2.35. The molecule has 0 unspecified atom stereocenters. The molecule has 20 heavy (non-hydrogen) atoms.